The zero-order chi connectivity index (χ0) is 8.84. The molecule has 2 atom stereocenters. The highest BCUT2D eigenvalue weighted by atomic mass is 16.5. The van der Waals surface area contributed by atoms with Crippen molar-refractivity contribution < 1.29 is 4.74 Å². The lowest BCUT2D eigenvalue weighted by Crippen LogP contribution is -1.92. The molecule has 3 rings (SSSR count). The SMILES string of the molecule is N#Cc1ccc2c(c1)[C@H]1C=C[C@@H]2O1. The molecule has 2 heteroatoms. The van der Waals surface area contributed by atoms with Gasteiger partial charge in [-0.25, -0.2) is 0 Å². The average molecular weight is 169 g/mol. The Bertz CT molecular complexity index is 442. The molecule has 0 amide bonds. The highest BCUT2D eigenvalue weighted by Gasteiger charge is 2.33. The molecule has 0 fully saturated rings. The molecule has 1 aromatic carbocycles. The van der Waals surface area contributed by atoms with Crippen LogP contribution in [0.15, 0.2) is 30.4 Å². The fourth-order valence-electron chi connectivity index (χ4n) is 1.95. The summed E-state index contributed by atoms with van der Waals surface area (Å²) in [6.45, 7) is 0. The molecule has 2 heterocycles. The maximum atomic E-state index is 8.73. The van der Waals surface area contributed by atoms with Crippen LogP contribution < -0.4 is 0 Å². The van der Waals surface area contributed by atoms with Crippen LogP contribution in [-0.2, 0) is 4.74 Å². The van der Waals surface area contributed by atoms with E-state index in [-0.39, 0.29) is 12.2 Å². The van der Waals surface area contributed by atoms with Crippen molar-refractivity contribution in [2.45, 2.75) is 12.2 Å². The zero-order valence-corrected chi connectivity index (χ0v) is 6.90. The summed E-state index contributed by atoms with van der Waals surface area (Å²) in [6.07, 6.45) is 4.34. The molecule has 0 aromatic heterocycles. The summed E-state index contributed by atoms with van der Waals surface area (Å²) in [5, 5.41) is 8.73. The van der Waals surface area contributed by atoms with E-state index in [1.807, 2.05) is 24.3 Å². The lowest BCUT2D eigenvalue weighted by Gasteiger charge is -2.05. The number of fused-ring (bicyclic) bond motifs is 5. The molecule has 62 valence electrons. The highest BCUT2D eigenvalue weighted by molar-refractivity contribution is 5.47. The molecule has 2 nitrogen and oxygen atoms in total. The molecule has 1 aromatic rings. The van der Waals surface area contributed by atoms with Gasteiger partial charge in [0.15, 0.2) is 0 Å². The Morgan fingerprint density at radius 1 is 1.15 bits per heavy atom. The van der Waals surface area contributed by atoms with E-state index in [9.17, 15) is 0 Å². The van der Waals surface area contributed by atoms with Gasteiger partial charge in [-0.2, -0.15) is 5.26 Å². The van der Waals surface area contributed by atoms with Gasteiger partial charge in [0.25, 0.3) is 0 Å². The molecule has 13 heavy (non-hydrogen) atoms. The maximum Gasteiger partial charge on any atom is 0.102 e. The molecule has 2 aliphatic heterocycles. The van der Waals surface area contributed by atoms with Crippen molar-refractivity contribution in [3.63, 3.8) is 0 Å². The van der Waals surface area contributed by atoms with Crippen LogP contribution in [0.5, 0.6) is 0 Å². The summed E-state index contributed by atoms with van der Waals surface area (Å²) in [7, 11) is 0. The molecule has 0 saturated heterocycles. The van der Waals surface area contributed by atoms with Crippen molar-refractivity contribution in [1.82, 2.24) is 0 Å². The number of benzene rings is 1. The van der Waals surface area contributed by atoms with E-state index in [1.54, 1.807) is 0 Å². The van der Waals surface area contributed by atoms with Gasteiger partial charge in [-0.3, -0.25) is 0 Å². The summed E-state index contributed by atoms with van der Waals surface area (Å²) in [6, 6.07) is 7.89. The Kier molecular flexibility index (Phi) is 1.17. The molecule has 2 bridgehead atoms. The molecule has 0 radical (unpaired) electrons. The summed E-state index contributed by atoms with van der Waals surface area (Å²) < 4.78 is 5.62. The summed E-state index contributed by atoms with van der Waals surface area (Å²) in [5.74, 6) is 0. The molecule has 0 aliphatic carbocycles. The normalized spacial score (nSPS) is 27.3. The first kappa shape index (κ1) is 6.88. The van der Waals surface area contributed by atoms with Gasteiger partial charge in [-0.1, -0.05) is 18.2 Å². The van der Waals surface area contributed by atoms with Gasteiger partial charge < -0.3 is 4.74 Å². The maximum absolute atomic E-state index is 8.73. The molecule has 0 saturated carbocycles. The minimum absolute atomic E-state index is 0.0910. The third-order valence-corrected chi connectivity index (χ3v) is 2.58. The van der Waals surface area contributed by atoms with Crippen LogP contribution >= 0.6 is 0 Å². The number of hydrogen-bond donors (Lipinski definition) is 0. The van der Waals surface area contributed by atoms with Crippen molar-refractivity contribution in [3.05, 3.63) is 47.0 Å². The lowest BCUT2D eigenvalue weighted by atomic mass is 9.95. The number of rotatable bonds is 0. The van der Waals surface area contributed by atoms with Crippen LogP contribution in [0.25, 0.3) is 0 Å². The van der Waals surface area contributed by atoms with E-state index in [2.05, 4.69) is 12.1 Å². The third-order valence-electron chi connectivity index (χ3n) is 2.58. The summed E-state index contributed by atoms with van der Waals surface area (Å²) in [5.41, 5.74) is 3.08. The number of nitriles is 1. The van der Waals surface area contributed by atoms with Crippen LogP contribution in [0.3, 0.4) is 0 Å². The van der Waals surface area contributed by atoms with Gasteiger partial charge in [0.05, 0.1) is 11.6 Å². The minimum atomic E-state index is 0.0910. The zero-order valence-electron chi connectivity index (χ0n) is 6.90. The van der Waals surface area contributed by atoms with Crippen molar-refractivity contribution in [2.24, 2.45) is 0 Å². The van der Waals surface area contributed by atoms with E-state index >= 15 is 0 Å². The van der Waals surface area contributed by atoms with Crippen LogP contribution in [0.1, 0.15) is 28.9 Å². The van der Waals surface area contributed by atoms with Gasteiger partial charge in [0.2, 0.25) is 0 Å². The lowest BCUT2D eigenvalue weighted by molar-refractivity contribution is 0.0878. The Morgan fingerprint density at radius 2 is 1.92 bits per heavy atom. The predicted octanol–water partition coefficient (Wildman–Crippen LogP) is 2.24. The average Bonchev–Trinajstić information content (AvgIpc) is 2.77. The Labute approximate surface area is 76.1 Å². The molecule has 0 unspecified atom stereocenters. The Morgan fingerprint density at radius 3 is 2.69 bits per heavy atom. The second-order valence-corrected chi connectivity index (χ2v) is 3.32. The number of nitrogens with zero attached hydrogens (tertiary/aromatic N) is 1. The highest BCUT2D eigenvalue weighted by Crippen LogP contribution is 2.45. The van der Waals surface area contributed by atoms with Gasteiger partial charge >= 0.3 is 0 Å². The first-order chi connectivity index (χ1) is 6.38. The quantitative estimate of drug-likeness (QED) is 0.558. The van der Waals surface area contributed by atoms with Crippen molar-refractivity contribution in [3.8, 4) is 6.07 Å². The van der Waals surface area contributed by atoms with Crippen LogP contribution in [0.2, 0.25) is 0 Å². The van der Waals surface area contributed by atoms with Crippen LogP contribution in [0, 0.1) is 11.3 Å². The molecule has 2 aliphatic rings. The predicted molar refractivity (Wildman–Crippen MR) is 46.9 cm³/mol. The number of ether oxygens (including phenoxy) is 1. The van der Waals surface area contributed by atoms with Crippen molar-refractivity contribution in [2.75, 3.05) is 0 Å². The smallest absolute Gasteiger partial charge is 0.102 e. The van der Waals surface area contributed by atoms with E-state index in [0.717, 1.165) is 5.56 Å². The van der Waals surface area contributed by atoms with Gasteiger partial charge in [-0.05, 0) is 23.3 Å². The topological polar surface area (TPSA) is 33.0 Å². The summed E-state index contributed by atoms with van der Waals surface area (Å²) in [4.78, 5) is 0. The van der Waals surface area contributed by atoms with Crippen molar-refractivity contribution >= 4 is 0 Å². The number of hydrogen-bond acceptors (Lipinski definition) is 2. The fourth-order valence-corrected chi connectivity index (χ4v) is 1.95. The second kappa shape index (κ2) is 2.21. The summed E-state index contributed by atoms with van der Waals surface area (Å²) >= 11 is 0. The third kappa shape index (κ3) is 0.796. The Balaban J connectivity index is 2.21. The van der Waals surface area contributed by atoms with E-state index in [1.165, 1.54) is 5.56 Å². The first-order valence-electron chi connectivity index (χ1n) is 4.26. The molecule has 0 spiro atoms. The standard InChI is InChI=1S/C11H7NO/c12-6-7-1-2-8-9(5-7)11-4-3-10(8)13-11/h1-5,10-11H/t10-,11+/m0/s1. The monoisotopic (exact) mass is 169 g/mol. The van der Waals surface area contributed by atoms with Gasteiger partial charge in [0, 0.05) is 0 Å². The Hall–Kier alpha value is -1.59. The van der Waals surface area contributed by atoms with Crippen molar-refractivity contribution in [1.29, 1.82) is 5.26 Å². The van der Waals surface area contributed by atoms with Crippen LogP contribution in [0.4, 0.5) is 0 Å². The van der Waals surface area contributed by atoms with E-state index in [0.29, 0.717) is 5.56 Å². The van der Waals surface area contributed by atoms with E-state index < -0.39 is 0 Å². The van der Waals surface area contributed by atoms with Gasteiger partial charge in [0.1, 0.15) is 12.2 Å². The molecular formula is C11H7NO. The van der Waals surface area contributed by atoms with Crippen LogP contribution in [-0.4, -0.2) is 0 Å². The largest absolute Gasteiger partial charge is 0.357 e. The molecular weight excluding hydrogens is 162 g/mol. The van der Waals surface area contributed by atoms with E-state index in [4.69, 9.17) is 10.00 Å². The second-order valence-electron chi connectivity index (χ2n) is 3.32. The molecule has 0 N–H and O–H groups in total. The van der Waals surface area contributed by atoms with Gasteiger partial charge in [-0.15, -0.1) is 0 Å². The minimum Gasteiger partial charge on any atom is -0.357 e. The fraction of sp³-hybridized carbons (Fsp3) is 0.182. The first-order valence-corrected chi connectivity index (χ1v) is 4.26.